The highest BCUT2D eigenvalue weighted by Crippen LogP contribution is 2.38. The van der Waals surface area contributed by atoms with Crippen molar-refractivity contribution in [2.75, 3.05) is 6.61 Å². The molecular formula is C25H23N3O4. The molecule has 4 aromatic rings. The molecule has 0 saturated carbocycles. The summed E-state index contributed by atoms with van der Waals surface area (Å²) >= 11 is 0. The number of ether oxygens (including phenoxy) is 2. The van der Waals surface area contributed by atoms with Crippen molar-refractivity contribution < 1.29 is 19.4 Å². The standard InChI is InChI=1S/C25H23N3O4/c29-25(30)11-19-7-9-31-24-12-21(4-5-22(19)24)32-16-17-3-6-23-20(10-17)14-27-28(23)15-18-2-1-8-26-13-18/h1-6,8,10,12-14,19H,7,9,11,15-16H2,(H,29,30). The van der Waals surface area contributed by atoms with Crippen LogP contribution in [0.1, 0.15) is 35.4 Å². The Morgan fingerprint density at radius 1 is 1.16 bits per heavy atom. The molecule has 2 aromatic heterocycles. The van der Waals surface area contributed by atoms with Gasteiger partial charge in [-0.2, -0.15) is 5.10 Å². The number of nitrogens with zero attached hydrogens (tertiary/aromatic N) is 3. The Bertz CT molecular complexity index is 1250. The van der Waals surface area contributed by atoms with Crippen LogP contribution in [0.4, 0.5) is 0 Å². The Kier molecular flexibility index (Phi) is 5.46. The zero-order valence-electron chi connectivity index (χ0n) is 17.5. The van der Waals surface area contributed by atoms with Gasteiger partial charge in [-0.05, 0) is 47.4 Å². The first-order valence-electron chi connectivity index (χ1n) is 10.6. The number of rotatable bonds is 7. The van der Waals surface area contributed by atoms with Gasteiger partial charge in [0.1, 0.15) is 18.1 Å². The van der Waals surface area contributed by atoms with E-state index in [0.29, 0.717) is 37.7 Å². The third-order valence-corrected chi connectivity index (χ3v) is 5.74. The highest BCUT2D eigenvalue weighted by atomic mass is 16.5. The fourth-order valence-electron chi connectivity index (χ4n) is 4.14. The predicted octanol–water partition coefficient (Wildman–Crippen LogP) is 4.40. The minimum absolute atomic E-state index is 0.0177. The quantitative estimate of drug-likeness (QED) is 0.469. The van der Waals surface area contributed by atoms with Crippen LogP contribution in [0, 0.1) is 0 Å². The van der Waals surface area contributed by atoms with E-state index in [4.69, 9.17) is 14.6 Å². The van der Waals surface area contributed by atoms with E-state index in [2.05, 4.69) is 22.2 Å². The van der Waals surface area contributed by atoms with Crippen LogP contribution in [0.5, 0.6) is 11.5 Å². The molecule has 0 saturated heterocycles. The number of aliphatic carboxylic acids is 1. The first kappa shape index (κ1) is 20.1. The molecule has 7 nitrogen and oxygen atoms in total. The van der Waals surface area contributed by atoms with E-state index in [0.717, 1.165) is 27.6 Å². The summed E-state index contributed by atoms with van der Waals surface area (Å²) in [5.74, 6) is 0.609. The highest BCUT2D eigenvalue weighted by molar-refractivity contribution is 5.79. The second-order valence-corrected chi connectivity index (χ2v) is 7.98. The van der Waals surface area contributed by atoms with E-state index in [1.807, 2.05) is 53.5 Å². The van der Waals surface area contributed by atoms with Gasteiger partial charge in [0, 0.05) is 29.8 Å². The molecule has 0 fully saturated rings. The van der Waals surface area contributed by atoms with Crippen LogP contribution in [0.25, 0.3) is 10.9 Å². The molecule has 1 N–H and O–H groups in total. The zero-order chi connectivity index (χ0) is 21.9. The lowest BCUT2D eigenvalue weighted by Crippen LogP contribution is -2.17. The molecule has 0 bridgehead atoms. The SMILES string of the molecule is O=C(O)CC1CCOc2cc(OCc3ccc4c(cnn4Cc4cccnc4)c3)ccc21. The maximum atomic E-state index is 11.1. The van der Waals surface area contributed by atoms with Crippen LogP contribution in [0.2, 0.25) is 0 Å². The van der Waals surface area contributed by atoms with Gasteiger partial charge in [-0.1, -0.05) is 18.2 Å². The van der Waals surface area contributed by atoms with Gasteiger partial charge >= 0.3 is 5.97 Å². The molecule has 7 heteroatoms. The summed E-state index contributed by atoms with van der Waals surface area (Å²) in [4.78, 5) is 15.3. The molecule has 0 aliphatic carbocycles. The Morgan fingerprint density at radius 3 is 2.94 bits per heavy atom. The number of aromatic nitrogens is 3. The summed E-state index contributed by atoms with van der Waals surface area (Å²) < 4.78 is 13.7. The molecule has 5 rings (SSSR count). The van der Waals surface area contributed by atoms with Crippen molar-refractivity contribution in [2.45, 2.75) is 31.9 Å². The molecule has 1 aliphatic heterocycles. The molecule has 0 radical (unpaired) electrons. The monoisotopic (exact) mass is 429 g/mol. The van der Waals surface area contributed by atoms with Crippen molar-refractivity contribution >= 4 is 16.9 Å². The van der Waals surface area contributed by atoms with Crippen molar-refractivity contribution in [1.82, 2.24) is 14.8 Å². The molecule has 0 spiro atoms. The number of benzene rings is 2. The minimum Gasteiger partial charge on any atom is -0.493 e. The summed E-state index contributed by atoms with van der Waals surface area (Å²) in [6.45, 7) is 1.61. The van der Waals surface area contributed by atoms with E-state index < -0.39 is 5.97 Å². The Labute approximate surface area is 185 Å². The number of carboxylic acids is 1. The molecule has 0 amide bonds. The zero-order valence-corrected chi connectivity index (χ0v) is 17.5. The van der Waals surface area contributed by atoms with E-state index in [1.165, 1.54) is 0 Å². The fraction of sp³-hybridized carbons (Fsp3) is 0.240. The third-order valence-electron chi connectivity index (χ3n) is 5.74. The van der Waals surface area contributed by atoms with E-state index in [1.54, 1.807) is 6.20 Å². The van der Waals surface area contributed by atoms with Crippen LogP contribution >= 0.6 is 0 Å². The maximum absolute atomic E-state index is 11.1. The van der Waals surface area contributed by atoms with E-state index in [-0.39, 0.29) is 12.3 Å². The second kappa shape index (κ2) is 8.70. The van der Waals surface area contributed by atoms with Crippen LogP contribution in [-0.4, -0.2) is 32.4 Å². The average Bonchev–Trinajstić information content (AvgIpc) is 3.20. The van der Waals surface area contributed by atoms with Crippen molar-refractivity contribution in [3.05, 3.63) is 83.8 Å². The molecule has 162 valence electrons. The fourth-order valence-corrected chi connectivity index (χ4v) is 4.14. The van der Waals surface area contributed by atoms with Gasteiger partial charge in [-0.15, -0.1) is 0 Å². The lowest BCUT2D eigenvalue weighted by atomic mass is 9.90. The number of carboxylic acid groups (broad SMARTS) is 1. The molecule has 1 unspecified atom stereocenters. The Balaban J connectivity index is 1.28. The van der Waals surface area contributed by atoms with Crippen LogP contribution in [0.15, 0.2) is 67.1 Å². The highest BCUT2D eigenvalue weighted by Gasteiger charge is 2.24. The summed E-state index contributed by atoms with van der Waals surface area (Å²) in [6, 6.07) is 15.8. The number of hydrogen-bond acceptors (Lipinski definition) is 5. The molecule has 32 heavy (non-hydrogen) atoms. The normalized spacial score (nSPS) is 15.2. The molecule has 2 aromatic carbocycles. The van der Waals surface area contributed by atoms with Gasteiger partial charge in [-0.3, -0.25) is 14.5 Å². The lowest BCUT2D eigenvalue weighted by molar-refractivity contribution is -0.137. The number of carbonyl (C=O) groups is 1. The third kappa shape index (κ3) is 4.27. The van der Waals surface area contributed by atoms with E-state index >= 15 is 0 Å². The number of fused-ring (bicyclic) bond motifs is 2. The van der Waals surface area contributed by atoms with E-state index in [9.17, 15) is 4.79 Å². The average molecular weight is 429 g/mol. The summed E-state index contributed by atoms with van der Waals surface area (Å²) in [5.41, 5.74) is 4.14. The minimum atomic E-state index is -0.790. The Hall–Kier alpha value is -3.87. The van der Waals surface area contributed by atoms with Crippen molar-refractivity contribution in [3.63, 3.8) is 0 Å². The summed E-state index contributed by atoms with van der Waals surface area (Å²) in [6.07, 6.45) is 6.31. The topological polar surface area (TPSA) is 86.5 Å². The smallest absolute Gasteiger partial charge is 0.303 e. The van der Waals surface area contributed by atoms with Crippen LogP contribution in [-0.2, 0) is 17.9 Å². The van der Waals surface area contributed by atoms with Crippen molar-refractivity contribution in [2.24, 2.45) is 0 Å². The largest absolute Gasteiger partial charge is 0.493 e. The number of pyridine rings is 1. The van der Waals surface area contributed by atoms with Gasteiger partial charge < -0.3 is 14.6 Å². The first-order valence-corrected chi connectivity index (χ1v) is 10.6. The first-order chi connectivity index (χ1) is 15.7. The van der Waals surface area contributed by atoms with Crippen LogP contribution < -0.4 is 9.47 Å². The van der Waals surface area contributed by atoms with Crippen molar-refractivity contribution in [1.29, 1.82) is 0 Å². The van der Waals surface area contributed by atoms with Gasteiger partial charge in [0.05, 0.1) is 31.3 Å². The maximum Gasteiger partial charge on any atom is 0.303 e. The van der Waals surface area contributed by atoms with Gasteiger partial charge in [-0.25, -0.2) is 0 Å². The van der Waals surface area contributed by atoms with Gasteiger partial charge in [0.2, 0.25) is 0 Å². The number of hydrogen-bond donors (Lipinski definition) is 1. The summed E-state index contributed by atoms with van der Waals surface area (Å²) in [7, 11) is 0. The predicted molar refractivity (Wildman–Crippen MR) is 119 cm³/mol. The molecule has 1 atom stereocenters. The molecular weight excluding hydrogens is 406 g/mol. The van der Waals surface area contributed by atoms with Crippen LogP contribution in [0.3, 0.4) is 0 Å². The van der Waals surface area contributed by atoms with Crippen molar-refractivity contribution in [3.8, 4) is 11.5 Å². The van der Waals surface area contributed by atoms with Gasteiger partial charge in [0.15, 0.2) is 0 Å². The molecule has 1 aliphatic rings. The molecule has 3 heterocycles. The summed E-state index contributed by atoms with van der Waals surface area (Å²) in [5, 5.41) is 14.7. The Morgan fingerprint density at radius 2 is 2.09 bits per heavy atom. The lowest BCUT2D eigenvalue weighted by Gasteiger charge is -2.25. The second-order valence-electron chi connectivity index (χ2n) is 7.98. The van der Waals surface area contributed by atoms with Gasteiger partial charge in [0.25, 0.3) is 0 Å².